The molecular formula is C23H24FN3O3. The number of carbonyl (C=O) groups is 1. The average Bonchev–Trinajstić information content (AvgIpc) is 3.12. The topological polar surface area (TPSA) is 67.5 Å². The Labute approximate surface area is 174 Å². The summed E-state index contributed by atoms with van der Waals surface area (Å²) < 4.78 is 24.1. The van der Waals surface area contributed by atoms with Gasteiger partial charge in [-0.25, -0.2) is 4.39 Å². The number of fused-ring (bicyclic) bond motifs is 1. The number of aromatic nitrogens is 2. The molecule has 30 heavy (non-hydrogen) atoms. The van der Waals surface area contributed by atoms with Crippen LogP contribution in [0.3, 0.4) is 0 Å². The van der Waals surface area contributed by atoms with Crippen molar-refractivity contribution < 1.29 is 18.7 Å². The number of hydrogen-bond acceptors (Lipinski definition) is 4. The molecule has 156 valence electrons. The van der Waals surface area contributed by atoms with E-state index in [4.69, 9.17) is 9.47 Å². The fourth-order valence-electron chi connectivity index (χ4n) is 3.87. The number of rotatable bonds is 5. The van der Waals surface area contributed by atoms with E-state index < -0.39 is 0 Å². The van der Waals surface area contributed by atoms with Crippen LogP contribution in [0.1, 0.15) is 22.4 Å². The minimum Gasteiger partial charge on any atom is -0.493 e. The maximum atomic E-state index is 13.3. The smallest absolute Gasteiger partial charge is 0.227 e. The highest BCUT2D eigenvalue weighted by Crippen LogP contribution is 2.33. The third-order valence-electron chi connectivity index (χ3n) is 5.59. The van der Waals surface area contributed by atoms with E-state index in [9.17, 15) is 9.18 Å². The first kappa shape index (κ1) is 19.9. The maximum absolute atomic E-state index is 13.3. The molecule has 0 spiro atoms. The lowest BCUT2D eigenvalue weighted by atomic mass is 9.97. The second kappa shape index (κ2) is 8.18. The number of halogens is 1. The van der Waals surface area contributed by atoms with Gasteiger partial charge in [0.1, 0.15) is 5.82 Å². The third kappa shape index (κ3) is 3.75. The largest absolute Gasteiger partial charge is 0.493 e. The molecule has 6 nitrogen and oxygen atoms in total. The summed E-state index contributed by atoms with van der Waals surface area (Å²) in [5.74, 6) is 1.09. The molecule has 0 bridgehead atoms. The lowest BCUT2D eigenvalue weighted by Crippen LogP contribution is -2.37. The number of aromatic amines is 1. The number of hydrogen-bond donors (Lipinski definition) is 1. The quantitative estimate of drug-likeness (QED) is 0.698. The van der Waals surface area contributed by atoms with Crippen molar-refractivity contribution in [2.24, 2.45) is 0 Å². The first-order valence-corrected chi connectivity index (χ1v) is 9.81. The minimum atomic E-state index is -0.303. The lowest BCUT2D eigenvalue weighted by Gasteiger charge is -2.30. The van der Waals surface area contributed by atoms with Crippen LogP contribution in [0.15, 0.2) is 36.4 Å². The van der Waals surface area contributed by atoms with Crippen LogP contribution in [0.25, 0.3) is 11.3 Å². The van der Waals surface area contributed by atoms with Gasteiger partial charge >= 0.3 is 0 Å². The zero-order valence-electron chi connectivity index (χ0n) is 17.3. The zero-order valence-corrected chi connectivity index (χ0v) is 17.3. The summed E-state index contributed by atoms with van der Waals surface area (Å²) in [4.78, 5) is 15.0. The summed E-state index contributed by atoms with van der Waals surface area (Å²) in [5, 5.41) is 7.30. The number of H-pyrrole nitrogens is 1. The van der Waals surface area contributed by atoms with Crippen molar-refractivity contribution in [2.45, 2.75) is 26.3 Å². The van der Waals surface area contributed by atoms with Crippen LogP contribution in [0.4, 0.5) is 4.39 Å². The van der Waals surface area contributed by atoms with Crippen LogP contribution in [0.2, 0.25) is 0 Å². The zero-order chi connectivity index (χ0) is 21.3. The van der Waals surface area contributed by atoms with Gasteiger partial charge in [0, 0.05) is 29.9 Å². The first-order valence-electron chi connectivity index (χ1n) is 9.81. The van der Waals surface area contributed by atoms with Crippen molar-refractivity contribution in [3.05, 3.63) is 64.6 Å². The van der Waals surface area contributed by atoms with Gasteiger partial charge in [-0.2, -0.15) is 5.10 Å². The predicted molar refractivity (Wildman–Crippen MR) is 111 cm³/mol. The average molecular weight is 409 g/mol. The van der Waals surface area contributed by atoms with Gasteiger partial charge < -0.3 is 14.4 Å². The molecule has 0 unspecified atom stereocenters. The molecule has 0 saturated heterocycles. The van der Waals surface area contributed by atoms with E-state index in [0.29, 0.717) is 30.3 Å². The number of methoxy groups -OCH3 is 2. The minimum absolute atomic E-state index is 0.0308. The number of aryl methyl sites for hydroxylation is 1. The summed E-state index contributed by atoms with van der Waals surface area (Å²) in [7, 11) is 3.23. The van der Waals surface area contributed by atoms with Gasteiger partial charge in [-0.1, -0.05) is 0 Å². The molecule has 0 atom stereocenters. The molecule has 0 saturated carbocycles. The Morgan fingerprint density at radius 2 is 1.80 bits per heavy atom. The van der Waals surface area contributed by atoms with Crippen molar-refractivity contribution in [3.8, 4) is 22.8 Å². The standard InChI is InChI=1S/C23H24FN3O3/c1-14-19(23(26-25-14)15-4-6-18(24)7-5-15)12-22(28)27-9-8-16-10-20(29-2)21(30-3)11-17(16)13-27/h4-7,10-11H,8-9,12-13H2,1-3H3,(H,25,26). The number of nitrogens with one attached hydrogen (secondary N) is 1. The second-order valence-corrected chi connectivity index (χ2v) is 7.40. The van der Waals surface area contributed by atoms with Gasteiger partial charge in [-0.3, -0.25) is 9.89 Å². The number of carbonyl (C=O) groups excluding carboxylic acids is 1. The highest BCUT2D eigenvalue weighted by Gasteiger charge is 2.25. The van der Waals surface area contributed by atoms with E-state index in [0.717, 1.165) is 28.8 Å². The van der Waals surface area contributed by atoms with Crippen molar-refractivity contribution >= 4 is 5.91 Å². The van der Waals surface area contributed by atoms with Crippen molar-refractivity contribution in [2.75, 3.05) is 20.8 Å². The van der Waals surface area contributed by atoms with E-state index in [1.165, 1.54) is 17.7 Å². The molecule has 1 amide bonds. The Morgan fingerprint density at radius 3 is 2.47 bits per heavy atom. The molecule has 1 N–H and O–H groups in total. The highest BCUT2D eigenvalue weighted by molar-refractivity contribution is 5.82. The molecule has 2 heterocycles. The molecule has 0 fully saturated rings. The van der Waals surface area contributed by atoms with Crippen molar-refractivity contribution in [1.29, 1.82) is 0 Å². The SMILES string of the molecule is COc1cc2c(cc1OC)CN(C(=O)Cc1c(-c3ccc(F)cc3)n[nH]c1C)CC2. The highest BCUT2D eigenvalue weighted by atomic mass is 19.1. The van der Waals surface area contributed by atoms with Crippen LogP contribution in [-0.4, -0.2) is 41.8 Å². The summed E-state index contributed by atoms with van der Waals surface area (Å²) in [6, 6.07) is 10.1. The van der Waals surface area contributed by atoms with Gasteiger partial charge in [0.15, 0.2) is 11.5 Å². The number of amides is 1. The van der Waals surface area contributed by atoms with Gasteiger partial charge in [0.25, 0.3) is 0 Å². The summed E-state index contributed by atoms with van der Waals surface area (Å²) >= 11 is 0. The molecule has 4 rings (SSSR count). The fraction of sp³-hybridized carbons (Fsp3) is 0.304. The molecule has 1 aliphatic rings. The summed E-state index contributed by atoms with van der Waals surface area (Å²) in [5.41, 5.74) is 5.38. The Kier molecular flexibility index (Phi) is 5.44. The molecule has 0 aliphatic carbocycles. The van der Waals surface area contributed by atoms with Gasteiger partial charge in [0.05, 0.1) is 26.3 Å². The third-order valence-corrected chi connectivity index (χ3v) is 5.59. The normalized spacial score (nSPS) is 13.1. The molecular weight excluding hydrogens is 385 g/mol. The van der Waals surface area contributed by atoms with E-state index in [1.807, 2.05) is 24.0 Å². The lowest BCUT2D eigenvalue weighted by molar-refractivity contribution is -0.131. The van der Waals surface area contributed by atoms with Crippen LogP contribution < -0.4 is 9.47 Å². The number of ether oxygens (including phenoxy) is 2. The van der Waals surface area contributed by atoms with Gasteiger partial charge in [-0.15, -0.1) is 0 Å². The van der Waals surface area contributed by atoms with Crippen molar-refractivity contribution in [1.82, 2.24) is 15.1 Å². The van der Waals surface area contributed by atoms with Gasteiger partial charge in [0.2, 0.25) is 5.91 Å². The van der Waals surface area contributed by atoms with E-state index in [-0.39, 0.29) is 18.1 Å². The van der Waals surface area contributed by atoms with Crippen LogP contribution in [0.5, 0.6) is 11.5 Å². The molecule has 7 heteroatoms. The predicted octanol–water partition coefficient (Wildman–Crippen LogP) is 3.67. The Bertz CT molecular complexity index is 1080. The molecule has 2 aromatic carbocycles. The van der Waals surface area contributed by atoms with Crippen LogP contribution >= 0.6 is 0 Å². The number of benzene rings is 2. The Balaban J connectivity index is 1.55. The van der Waals surface area contributed by atoms with E-state index >= 15 is 0 Å². The summed E-state index contributed by atoms with van der Waals surface area (Å²) in [6.07, 6.45) is 0.994. The second-order valence-electron chi connectivity index (χ2n) is 7.40. The van der Waals surface area contributed by atoms with Crippen LogP contribution in [-0.2, 0) is 24.2 Å². The molecule has 1 aromatic heterocycles. The van der Waals surface area contributed by atoms with E-state index in [2.05, 4.69) is 10.2 Å². The van der Waals surface area contributed by atoms with Crippen molar-refractivity contribution in [3.63, 3.8) is 0 Å². The number of nitrogens with zero attached hydrogens (tertiary/aromatic N) is 2. The summed E-state index contributed by atoms with van der Waals surface area (Å²) in [6.45, 7) is 3.06. The molecule has 1 aliphatic heterocycles. The Hall–Kier alpha value is -3.35. The molecule has 3 aromatic rings. The maximum Gasteiger partial charge on any atom is 0.227 e. The molecule has 0 radical (unpaired) electrons. The van der Waals surface area contributed by atoms with E-state index in [1.54, 1.807) is 26.4 Å². The van der Waals surface area contributed by atoms with Gasteiger partial charge in [-0.05, 0) is 60.9 Å². The monoisotopic (exact) mass is 409 g/mol. The first-order chi connectivity index (χ1) is 14.5. The fourth-order valence-corrected chi connectivity index (χ4v) is 3.87. The Morgan fingerprint density at radius 1 is 1.13 bits per heavy atom. The van der Waals surface area contributed by atoms with Crippen LogP contribution in [0, 0.1) is 12.7 Å².